The molecule has 0 saturated carbocycles. The van der Waals surface area contributed by atoms with Crippen LogP contribution in [-0.4, -0.2) is 11.7 Å². The van der Waals surface area contributed by atoms with Crippen LogP contribution in [0.5, 0.6) is 0 Å². The van der Waals surface area contributed by atoms with E-state index >= 15 is 0 Å². The maximum atomic E-state index is 11.8. The summed E-state index contributed by atoms with van der Waals surface area (Å²) in [6.45, 7) is 5.47. The number of nitrogen functional groups attached to an aromatic ring is 1. The zero-order valence-electron chi connectivity index (χ0n) is 12.5. The fourth-order valence-electron chi connectivity index (χ4n) is 1.92. The predicted molar refractivity (Wildman–Crippen MR) is 86.1 cm³/mol. The summed E-state index contributed by atoms with van der Waals surface area (Å²) in [6.07, 6.45) is -0.480. The van der Waals surface area contributed by atoms with Gasteiger partial charge < -0.3 is 10.5 Å². The molecule has 0 spiro atoms. The second-order valence-electron chi connectivity index (χ2n) is 5.79. The Kier molecular flexibility index (Phi) is 4.17. The Hall–Kier alpha value is -2.49. The second-order valence-corrected chi connectivity index (χ2v) is 5.79. The maximum absolute atomic E-state index is 11.8. The number of amides is 1. The van der Waals surface area contributed by atoms with Gasteiger partial charge in [0.25, 0.3) is 0 Å². The quantitative estimate of drug-likeness (QED) is 0.809. The van der Waals surface area contributed by atoms with Gasteiger partial charge in [-0.3, -0.25) is 5.32 Å². The van der Waals surface area contributed by atoms with E-state index in [9.17, 15) is 4.79 Å². The van der Waals surface area contributed by atoms with Crippen LogP contribution in [0.4, 0.5) is 16.2 Å². The second kappa shape index (κ2) is 5.87. The Bertz CT molecular complexity index is 631. The molecular formula is C17H20N2O2. The first-order valence-electron chi connectivity index (χ1n) is 6.80. The monoisotopic (exact) mass is 284 g/mol. The molecule has 2 rings (SSSR count). The normalized spacial score (nSPS) is 11.0. The lowest BCUT2D eigenvalue weighted by Crippen LogP contribution is -2.27. The van der Waals surface area contributed by atoms with Crippen molar-refractivity contribution in [2.75, 3.05) is 11.1 Å². The third-order valence-electron chi connectivity index (χ3n) is 2.78. The molecule has 0 aliphatic rings. The number of ether oxygens (including phenoxy) is 1. The highest BCUT2D eigenvalue weighted by Crippen LogP contribution is 2.28. The molecule has 2 aromatic rings. The molecule has 0 aromatic heterocycles. The molecule has 0 unspecified atom stereocenters. The zero-order chi connectivity index (χ0) is 15.5. The smallest absolute Gasteiger partial charge is 0.412 e. The van der Waals surface area contributed by atoms with Crippen molar-refractivity contribution in [2.45, 2.75) is 26.4 Å². The van der Waals surface area contributed by atoms with Crippen LogP contribution in [0.15, 0.2) is 48.5 Å². The molecule has 0 aliphatic carbocycles. The molecule has 4 heteroatoms. The average Bonchev–Trinajstić information content (AvgIpc) is 2.40. The first-order chi connectivity index (χ1) is 9.85. The molecule has 2 aromatic carbocycles. The molecule has 0 fully saturated rings. The Morgan fingerprint density at radius 3 is 2.38 bits per heavy atom. The highest BCUT2D eigenvalue weighted by atomic mass is 16.6. The van der Waals surface area contributed by atoms with Gasteiger partial charge in [0.1, 0.15) is 5.60 Å². The molecule has 3 N–H and O–H groups in total. The van der Waals surface area contributed by atoms with Crippen molar-refractivity contribution in [2.24, 2.45) is 0 Å². The maximum Gasteiger partial charge on any atom is 0.412 e. The van der Waals surface area contributed by atoms with Crippen LogP contribution in [-0.2, 0) is 4.74 Å². The van der Waals surface area contributed by atoms with Crippen molar-refractivity contribution in [1.82, 2.24) is 0 Å². The minimum Gasteiger partial charge on any atom is -0.444 e. The topological polar surface area (TPSA) is 64.3 Å². The first-order valence-corrected chi connectivity index (χ1v) is 6.80. The van der Waals surface area contributed by atoms with Crippen molar-refractivity contribution in [3.63, 3.8) is 0 Å². The molecule has 1 amide bonds. The third-order valence-corrected chi connectivity index (χ3v) is 2.78. The number of rotatable bonds is 2. The van der Waals surface area contributed by atoms with E-state index in [1.54, 1.807) is 12.1 Å². The number of carbonyl (C=O) groups excluding carboxylic acids is 1. The van der Waals surface area contributed by atoms with Gasteiger partial charge in [-0.25, -0.2) is 4.79 Å². The number of hydrogen-bond donors (Lipinski definition) is 2. The molecule has 4 nitrogen and oxygen atoms in total. The zero-order valence-corrected chi connectivity index (χ0v) is 12.5. The summed E-state index contributed by atoms with van der Waals surface area (Å²) in [5.41, 5.74) is 8.68. The molecule has 0 saturated heterocycles. The van der Waals surface area contributed by atoms with E-state index in [1.165, 1.54) is 0 Å². The third kappa shape index (κ3) is 4.24. The summed E-state index contributed by atoms with van der Waals surface area (Å²) >= 11 is 0. The van der Waals surface area contributed by atoms with Crippen molar-refractivity contribution in [3.05, 3.63) is 48.5 Å². The summed E-state index contributed by atoms with van der Waals surface area (Å²) in [5, 5.41) is 2.72. The van der Waals surface area contributed by atoms with Gasteiger partial charge in [0, 0.05) is 16.9 Å². The van der Waals surface area contributed by atoms with E-state index in [-0.39, 0.29) is 0 Å². The van der Waals surface area contributed by atoms with Gasteiger partial charge in [0.15, 0.2) is 0 Å². The van der Waals surface area contributed by atoms with Crippen LogP contribution in [0.25, 0.3) is 11.1 Å². The summed E-state index contributed by atoms with van der Waals surface area (Å²) in [7, 11) is 0. The first kappa shape index (κ1) is 14.9. The van der Waals surface area contributed by atoms with Crippen LogP contribution >= 0.6 is 0 Å². The molecule has 110 valence electrons. The Balaban J connectivity index is 2.22. The number of nitrogens with one attached hydrogen (secondary N) is 1. The van der Waals surface area contributed by atoms with Crippen LogP contribution in [0, 0.1) is 0 Å². The van der Waals surface area contributed by atoms with Crippen LogP contribution in [0.1, 0.15) is 20.8 Å². The van der Waals surface area contributed by atoms with Crippen molar-refractivity contribution < 1.29 is 9.53 Å². The SMILES string of the molecule is CC(C)(C)OC(=O)Nc1ccc(N)c(-c2ccccc2)c1. The minimum atomic E-state index is -0.528. The molecule has 21 heavy (non-hydrogen) atoms. The molecule has 0 atom stereocenters. The molecule has 0 heterocycles. The average molecular weight is 284 g/mol. The van der Waals surface area contributed by atoms with Crippen molar-refractivity contribution in [1.29, 1.82) is 0 Å². The van der Waals surface area contributed by atoms with Crippen LogP contribution in [0.3, 0.4) is 0 Å². The van der Waals surface area contributed by atoms with Crippen molar-refractivity contribution >= 4 is 17.5 Å². The lowest BCUT2D eigenvalue weighted by atomic mass is 10.0. The number of hydrogen-bond acceptors (Lipinski definition) is 3. The number of nitrogens with two attached hydrogens (primary N) is 1. The van der Waals surface area contributed by atoms with Gasteiger partial charge in [0.2, 0.25) is 0 Å². The summed E-state index contributed by atoms with van der Waals surface area (Å²) in [5.74, 6) is 0. The van der Waals surface area contributed by atoms with Gasteiger partial charge in [-0.05, 0) is 44.5 Å². The number of benzene rings is 2. The Morgan fingerprint density at radius 2 is 1.76 bits per heavy atom. The molecule has 0 aliphatic heterocycles. The highest BCUT2D eigenvalue weighted by Gasteiger charge is 2.16. The molecule has 0 bridgehead atoms. The molecule has 0 radical (unpaired) electrons. The Labute approximate surface area is 124 Å². The molecular weight excluding hydrogens is 264 g/mol. The lowest BCUT2D eigenvalue weighted by molar-refractivity contribution is 0.0636. The number of anilines is 2. The number of carbonyl (C=O) groups is 1. The Morgan fingerprint density at radius 1 is 1.10 bits per heavy atom. The van der Waals surface area contributed by atoms with Crippen molar-refractivity contribution in [3.8, 4) is 11.1 Å². The van der Waals surface area contributed by atoms with E-state index < -0.39 is 11.7 Å². The minimum absolute atomic E-state index is 0.480. The van der Waals surface area contributed by atoms with E-state index in [1.807, 2.05) is 57.2 Å². The van der Waals surface area contributed by atoms with E-state index in [4.69, 9.17) is 10.5 Å². The van der Waals surface area contributed by atoms with Gasteiger partial charge in [-0.15, -0.1) is 0 Å². The van der Waals surface area contributed by atoms with Crippen LogP contribution < -0.4 is 11.1 Å². The highest BCUT2D eigenvalue weighted by molar-refractivity contribution is 5.88. The van der Waals surface area contributed by atoms with Gasteiger partial charge in [-0.2, -0.15) is 0 Å². The summed E-state index contributed by atoms with van der Waals surface area (Å²) in [6, 6.07) is 15.2. The largest absolute Gasteiger partial charge is 0.444 e. The van der Waals surface area contributed by atoms with Crippen LogP contribution in [0.2, 0.25) is 0 Å². The fraction of sp³-hybridized carbons (Fsp3) is 0.235. The summed E-state index contributed by atoms with van der Waals surface area (Å²) < 4.78 is 5.24. The van der Waals surface area contributed by atoms with E-state index in [0.29, 0.717) is 11.4 Å². The fourth-order valence-corrected chi connectivity index (χ4v) is 1.92. The van der Waals surface area contributed by atoms with E-state index in [2.05, 4.69) is 5.32 Å². The van der Waals surface area contributed by atoms with Gasteiger partial charge in [-0.1, -0.05) is 30.3 Å². The van der Waals surface area contributed by atoms with Gasteiger partial charge in [0.05, 0.1) is 0 Å². The summed E-state index contributed by atoms with van der Waals surface area (Å²) in [4.78, 5) is 11.8. The predicted octanol–water partition coefficient (Wildman–Crippen LogP) is 4.28. The lowest BCUT2D eigenvalue weighted by Gasteiger charge is -2.20. The van der Waals surface area contributed by atoms with E-state index in [0.717, 1.165) is 11.1 Å². The standard InChI is InChI=1S/C17H20N2O2/c1-17(2,3)21-16(20)19-13-9-10-15(18)14(11-13)12-7-5-4-6-8-12/h4-11H,18H2,1-3H3,(H,19,20). The van der Waals surface area contributed by atoms with Gasteiger partial charge >= 0.3 is 6.09 Å².